The summed E-state index contributed by atoms with van der Waals surface area (Å²) in [5.41, 5.74) is 3.36. The minimum Gasteiger partial charge on any atom is -0.449 e. The van der Waals surface area contributed by atoms with E-state index in [2.05, 4.69) is 34.9 Å². The molecule has 0 unspecified atom stereocenters. The Balaban J connectivity index is 1.44. The van der Waals surface area contributed by atoms with Crippen LogP contribution in [-0.2, 0) is 4.74 Å². The molecule has 1 aliphatic heterocycles. The standard InChI is InChI=1S/C19H19FN2O2/c20-19(10-21-11-19)12-22-18(23)24-9-17-15-7-3-1-5-13(15)14-6-2-4-8-16(14)17/h1-8,17,21H,9-12H2,(H,22,23). The number of nitrogens with one attached hydrogen (secondary N) is 2. The Morgan fingerprint density at radius 3 is 2.25 bits per heavy atom. The molecule has 2 aliphatic rings. The molecule has 2 aromatic rings. The van der Waals surface area contributed by atoms with Crippen molar-refractivity contribution in [2.45, 2.75) is 11.6 Å². The van der Waals surface area contributed by atoms with Crippen molar-refractivity contribution in [1.29, 1.82) is 0 Å². The van der Waals surface area contributed by atoms with Crippen molar-refractivity contribution >= 4 is 6.09 Å². The van der Waals surface area contributed by atoms with Gasteiger partial charge in [0, 0.05) is 19.0 Å². The van der Waals surface area contributed by atoms with Gasteiger partial charge in [-0.2, -0.15) is 0 Å². The van der Waals surface area contributed by atoms with E-state index in [0.29, 0.717) is 0 Å². The van der Waals surface area contributed by atoms with Gasteiger partial charge < -0.3 is 15.4 Å². The first-order chi connectivity index (χ1) is 11.7. The van der Waals surface area contributed by atoms with Crippen LogP contribution in [0.1, 0.15) is 17.0 Å². The third-order valence-corrected chi connectivity index (χ3v) is 4.78. The minimum absolute atomic E-state index is 0.0172. The van der Waals surface area contributed by atoms with Gasteiger partial charge in [-0.25, -0.2) is 9.18 Å². The third-order valence-electron chi connectivity index (χ3n) is 4.78. The van der Waals surface area contributed by atoms with E-state index in [9.17, 15) is 9.18 Å². The lowest BCUT2D eigenvalue weighted by Gasteiger charge is -2.34. The van der Waals surface area contributed by atoms with E-state index in [1.165, 1.54) is 11.1 Å². The summed E-state index contributed by atoms with van der Waals surface area (Å²) in [7, 11) is 0. The maximum atomic E-state index is 13.9. The summed E-state index contributed by atoms with van der Waals surface area (Å²) in [5.74, 6) is 0.0212. The Kier molecular flexibility index (Phi) is 3.73. The van der Waals surface area contributed by atoms with Gasteiger partial charge in [-0.3, -0.25) is 0 Å². The van der Waals surface area contributed by atoms with Crippen LogP contribution in [0.15, 0.2) is 48.5 Å². The van der Waals surface area contributed by atoms with Gasteiger partial charge >= 0.3 is 6.09 Å². The van der Waals surface area contributed by atoms with Crippen LogP contribution in [0.3, 0.4) is 0 Å². The fourth-order valence-corrected chi connectivity index (χ4v) is 3.40. The molecule has 0 atom stereocenters. The monoisotopic (exact) mass is 326 g/mol. The SMILES string of the molecule is O=C(NCC1(F)CNC1)OCC1c2ccccc2-c2ccccc21. The average Bonchev–Trinajstić information content (AvgIpc) is 2.90. The highest BCUT2D eigenvalue weighted by Crippen LogP contribution is 2.44. The zero-order valence-electron chi connectivity index (χ0n) is 13.2. The first-order valence-electron chi connectivity index (χ1n) is 8.15. The van der Waals surface area contributed by atoms with Crippen LogP contribution in [0.4, 0.5) is 9.18 Å². The van der Waals surface area contributed by atoms with Crippen LogP contribution in [0, 0.1) is 0 Å². The van der Waals surface area contributed by atoms with Crippen LogP contribution in [-0.4, -0.2) is 38.0 Å². The molecule has 1 amide bonds. The largest absolute Gasteiger partial charge is 0.449 e. The predicted molar refractivity (Wildman–Crippen MR) is 89.8 cm³/mol. The van der Waals surface area contributed by atoms with Crippen LogP contribution >= 0.6 is 0 Å². The summed E-state index contributed by atoms with van der Waals surface area (Å²) in [6, 6.07) is 16.3. The lowest BCUT2D eigenvalue weighted by Crippen LogP contribution is -2.61. The normalized spacial score (nSPS) is 17.5. The molecule has 0 aromatic heterocycles. The molecule has 1 fully saturated rings. The third kappa shape index (κ3) is 2.65. The molecule has 1 saturated heterocycles. The summed E-state index contributed by atoms with van der Waals surface area (Å²) < 4.78 is 19.2. The molecule has 5 heteroatoms. The minimum atomic E-state index is -1.34. The van der Waals surface area contributed by atoms with Gasteiger partial charge in [-0.05, 0) is 22.3 Å². The van der Waals surface area contributed by atoms with Gasteiger partial charge in [0.15, 0.2) is 5.67 Å². The first-order valence-corrected chi connectivity index (χ1v) is 8.15. The molecular weight excluding hydrogens is 307 g/mol. The van der Waals surface area contributed by atoms with Gasteiger partial charge in [0.05, 0.1) is 6.54 Å². The molecule has 2 N–H and O–H groups in total. The average molecular weight is 326 g/mol. The second kappa shape index (κ2) is 5.91. The van der Waals surface area contributed by atoms with Gasteiger partial charge in [0.2, 0.25) is 0 Å². The van der Waals surface area contributed by atoms with Crippen molar-refractivity contribution in [2.75, 3.05) is 26.2 Å². The van der Waals surface area contributed by atoms with Gasteiger partial charge in [0.1, 0.15) is 6.61 Å². The molecule has 2 aromatic carbocycles. The first kappa shape index (κ1) is 15.1. The van der Waals surface area contributed by atoms with Crippen molar-refractivity contribution in [2.24, 2.45) is 0 Å². The summed E-state index contributed by atoms with van der Waals surface area (Å²) in [6.45, 7) is 0.779. The highest BCUT2D eigenvalue weighted by Gasteiger charge is 2.37. The molecular formula is C19H19FN2O2. The number of fused-ring (bicyclic) bond motifs is 3. The van der Waals surface area contributed by atoms with Crippen LogP contribution in [0.2, 0.25) is 0 Å². The van der Waals surface area contributed by atoms with Crippen molar-refractivity contribution in [3.05, 3.63) is 59.7 Å². The predicted octanol–water partition coefficient (Wildman–Crippen LogP) is 2.84. The van der Waals surface area contributed by atoms with Crippen LogP contribution in [0.25, 0.3) is 11.1 Å². The van der Waals surface area contributed by atoms with Gasteiger partial charge in [0.25, 0.3) is 0 Å². The molecule has 0 radical (unpaired) electrons. The number of ether oxygens (including phenoxy) is 1. The molecule has 0 bridgehead atoms. The highest BCUT2D eigenvalue weighted by molar-refractivity contribution is 5.79. The Morgan fingerprint density at radius 2 is 1.71 bits per heavy atom. The molecule has 24 heavy (non-hydrogen) atoms. The van der Waals surface area contributed by atoms with E-state index in [0.717, 1.165) is 11.1 Å². The summed E-state index contributed by atoms with van der Waals surface area (Å²) in [4.78, 5) is 11.9. The van der Waals surface area contributed by atoms with Crippen LogP contribution in [0.5, 0.6) is 0 Å². The number of hydrogen-bond acceptors (Lipinski definition) is 3. The van der Waals surface area contributed by atoms with E-state index in [-0.39, 0.29) is 32.2 Å². The summed E-state index contributed by atoms with van der Waals surface area (Å²) in [6.07, 6.45) is -0.569. The highest BCUT2D eigenvalue weighted by atomic mass is 19.1. The van der Waals surface area contributed by atoms with Crippen molar-refractivity contribution < 1.29 is 13.9 Å². The smallest absolute Gasteiger partial charge is 0.407 e. The molecule has 1 aliphatic carbocycles. The van der Waals surface area contributed by atoms with E-state index in [1.54, 1.807) is 0 Å². The number of carbonyl (C=O) groups excluding carboxylic acids is 1. The zero-order chi connectivity index (χ0) is 16.6. The lowest BCUT2D eigenvalue weighted by atomic mass is 9.98. The number of halogens is 1. The fraction of sp³-hybridized carbons (Fsp3) is 0.316. The number of alkyl carbamates (subject to hydrolysis) is 1. The van der Waals surface area contributed by atoms with Crippen molar-refractivity contribution in [1.82, 2.24) is 10.6 Å². The zero-order valence-corrected chi connectivity index (χ0v) is 13.2. The number of carbonyl (C=O) groups is 1. The Hall–Kier alpha value is -2.40. The lowest BCUT2D eigenvalue weighted by molar-refractivity contribution is 0.0818. The molecule has 0 saturated carbocycles. The number of benzene rings is 2. The quantitative estimate of drug-likeness (QED) is 0.908. The Labute approximate surface area is 140 Å². The second-order valence-electron chi connectivity index (χ2n) is 6.43. The fourth-order valence-electron chi connectivity index (χ4n) is 3.40. The maximum Gasteiger partial charge on any atom is 0.407 e. The van der Waals surface area contributed by atoms with E-state index >= 15 is 0 Å². The van der Waals surface area contributed by atoms with Gasteiger partial charge in [-0.1, -0.05) is 48.5 Å². The number of hydrogen-bond donors (Lipinski definition) is 2. The Bertz CT molecular complexity index is 728. The van der Waals surface area contributed by atoms with E-state index < -0.39 is 11.8 Å². The molecule has 0 spiro atoms. The number of rotatable bonds is 4. The van der Waals surface area contributed by atoms with Crippen molar-refractivity contribution in [3.63, 3.8) is 0 Å². The van der Waals surface area contributed by atoms with E-state index in [1.807, 2.05) is 24.3 Å². The topological polar surface area (TPSA) is 50.4 Å². The number of alkyl halides is 1. The number of amides is 1. The second-order valence-corrected chi connectivity index (χ2v) is 6.43. The van der Waals surface area contributed by atoms with Gasteiger partial charge in [-0.15, -0.1) is 0 Å². The summed E-state index contributed by atoms with van der Waals surface area (Å²) in [5, 5.41) is 5.38. The summed E-state index contributed by atoms with van der Waals surface area (Å²) >= 11 is 0. The maximum absolute atomic E-state index is 13.9. The molecule has 4 nitrogen and oxygen atoms in total. The molecule has 1 heterocycles. The Morgan fingerprint density at radius 1 is 1.12 bits per heavy atom. The molecule has 4 rings (SSSR count). The molecule has 124 valence electrons. The van der Waals surface area contributed by atoms with Crippen LogP contribution < -0.4 is 10.6 Å². The van der Waals surface area contributed by atoms with Crippen molar-refractivity contribution in [3.8, 4) is 11.1 Å². The van der Waals surface area contributed by atoms with E-state index in [4.69, 9.17) is 4.74 Å².